The topological polar surface area (TPSA) is 86.3 Å². The summed E-state index contributed by atoms with van der Waals surface area (Å²) in [5.74, 6) is 1.76. The minimum Gasteiger partial charge on any atom is -0.460 e. The molecule has 0 aliphatic rings. The van der Waals surface area contributed by atoms with E-state index in [1.807, 2.05) is 39.8 Å². The van der Waals surface area contributed by atoms with E-state index < -0.39 is 0 Å². The second-order valence-electron chi connectivity index (χ2n) is 6.79. The van der Waals surface area contributed by atoms with Crippen molar-refractivity contribution in [1.29, 1.82) is 0 Å². The zero-order chi connectivity index (χ0) is 20.3. The van der Waals surface area contributed by atoms with Gasteiger partial charge in [0.15, 0.2) is 5.76 Å². The van der Waals surface area contributed by atoms with Gasteiger partial charge in [0.05, 0.1) is 24.1 Å². The predicted octanol–water partition coefficient (Wildman–Crippen LogP) is 3.04. The molecule has 0 spiro atoms. The Bertz CT molecular complexity index is 960. The average molecular weight is 383 g/mol. The highest BCUT2D eigenvalue weighted by atomic mass is 16.5. The van der Waals surface area contributed by atoms with Gasteiger partial charge in [0, 0.05) is 25.9 Å². The Morgan fingerprint density at radius 1 is 1.29 bits per heavy atom. The monoisotopic (exact) mass is 383 g/mol. The molecule has 0 atom stereocenters. The zero-order valence-electron chi connectivity index (χ0n) is 16.8. The predicted molar refractivity (Wildman–Crippen MR) is 104 cm³/mol. The fraction of sp³-hybridized carbons (Fsp3) is 0.400. The molecule has 8 nitrogen and oxygen atoms in total. The van der Waals surface area contributed by atoms with E-state index in [1.54, 1.807) is 35.2 Å². The second kappa shape index (κ2) is 8.35. The van der Waals surface area contributed by atoms with Gasteiger partial charge in [-0.1, -0.05) is 0 Å². The van der Waals surface area contributed by atoms with E-state index in [-0.39, 0.29) is 11.9 Å². The van der Waals surface area contributed by atoms with Gasteiger partial charge in [-0.05, 0) is 45.9 Å². The van der Waals surface area contributed by atoms with E-state index in [4.69, 9.17) is 9.15 Å². The van der Waals surface area contributed by atoms with E-state index in [0.717, 1.165) is 5.76 Å². The van der Waals surface area contributed by atoms with Crippen molar-refractivity contribution in [3.05, 3.63) is 47.6 Å². The lowest BCUT2D eigenvalue weighted by atomic mass is 10.2. The Balaban J connectivity index is 1.92. The van der Waals surface area contributed by atoms with Crippen LogP contribution in [0.1, 0.15) is 35.7 Å². The standard InChI is InChI=1S/C20H25N5O3/c1-13(2)24(10-11-27-5)19(26)16-12-22-25(15(16)4)20-21-9-8-17(23-20)18-7-6-14(3)28-18/h6-9,12-13H,10-11H2,1-5H3. The average Bonchev–Trinajstić information content (AvgIpc) is 3.27. The lowest BCUT2D eigenvalue weighted by molar-refractivity contribution is 0.0634. The van der Waals surface area contributed by atoms with Crippen molar-refractivity contribution in [2.75, 3.05) is 20.3 Å². The molecule has 8 heteroatoms. The summed E-state index contributed by atoms with van der Waals surface area (Å²) in [7, 11) is 1.62. The molecule has 148 valence electrons. The summed E-state index contributed by atoms with van der Waals surface area (Å²) in [5.41, 5.74) is 1.86. The molecule has 0 bridgehead atoms. The van der Waals surface area contributed by atoms with Crippen molar-refractivity contribution >= 4 is 5.91 Å². The van der Waals surface area contributed by atoms with Gasteiger partial charge in [0.1, 0.15) is 11.5 Å². The van der Waals surface area contributed by atoms with Crippen molar-refractivity contribution in [1.82, 2.24) is 24.6 Å². The third-order valence-electron chi connectivity index (χ3n) is 4.49. The Morgan fingerprint density at radius 3 is 2.71 bits per heavy atom. The summed E-state index contributed by atoms with van der Waals surface area (Å²) in [6, 6.07) is 5.57. The maximum atomic E-state index is 13.0. The molecule has 0 aromatic carbocycles. The van der Waals surface area contributed by atoms with Gasteiger partial charge in [-0.3, -0.25) is 4.79 Å². The van der Waals surface area contributed by atoms with Crippen molar-refractivity contribution in [3.8, 4) is 17.4 Å². The number of hydrogen-bond acceptors (Lipinski definition) is 6. The van der Waals surface area contributed by atoms with Gasteiger partial charge in [0.25, 0.3) is 11.9 Å². The number of aryl methyl sites for hydroxylation is 1. The van der Waals surface area contributed by atoms with Crippen LogP contribution in [0.5, 0.6) is 0 Å². The molecule has 1 amide bonds. The lowest BCUT2D eigenvalue weighted by Gasteiger charge is -2.26. The number of aromatic nitrogens is 4. The van der Waals surface area contributed by atoms with Crippen LogP contribution in [0.3, 0.4) is 0 Å². The van der Waals surface area contributed by atoms with E-state index in [9.17, 15) is 4.79 Å². The van der Waals surface area contributed by atoms with Crippen LogP contribution in [0.15, 0.2) is 35.0 Å². The van der Waals surface area contributed by atoms with Gasteiger partial charge >= 0.3 is 0 Å². The highest BCUT2D eigenvalue weighted by Crippen LogP contribution is 2.21. The van der Waals surface area contributed by atoms with Gasteiger partial charge in [-0.25, -0.2) is 14.6 Å². The maximum absolute atomic E-state index is 13.0. The minimum absolute atomic E-state index is 0.0483. The van der Waals surface area contributed by atoms with Gasteiger partial charge in [-0.15, -0.1) is 0 Å². The van der Waals surface area contributed by atoms with Crippen LogP contribution in [0.2, 0.25) is 0 Å². The molecule has 3 aromatic heterocycles. The summed E-state index contributed by atoms with van der Waals surface area (Å²) in [6.45, 7) is 8.66. The molecule has 3 heterocycles. The molecule has 3 rings (SSSR count). The molecule has 0 radical (unpaired) electrons. The van der Waals surface area contributed by atoms with Crippen molar-refractivity contribution in [2.24, 2.45) is 0 Å². The number of rotatable bonds is 7. The molecular weight excluding hydrogens is 358 g/mol. The van der Waals surface area contributed by atoms with Crippen LogP contribution < -0.4 is 0 Å². The summed E-state index contributed by atoms with van der Waals surface area (Å²) >= 11 is 0. The Hall–Kier alpha value is -3.00. The number of furan rings is 1. The molecule has 0 unspecified atom stereocenters. The van der Waals surface area contributed by atoms with E-state index in [1.165, 1.54) is 0 Å². The number of nitrogens with zero attached hydrogens (tertiary/aromatic N) is 5. The third-order valence-corrected chi connectivity index (χ3v) is 4.49. The van der Waals surface area contributed by atoms with Crippen molar-refractivity contribution < 1.29 is 13.9 Å². The maximum Gasteiger partial charge on any atom is 0.257 e. The first-order chi connectivity index (χ1) is 13.4. The van der Waals surface area contributed by atoms with Crippen molar-refractivity contribution in [3.63, 3.8) is 0 Å². The first-order valence-corrected chi connectivity index (χ1v) is 9.17. The highest BCUT2D eigenvalue weighted by molar-refractivity contribution is 5.95. The van der Waals surface area contributed by atoms with Crippen LogP contribution in [0.4, 0.5) is 0 Å². The third kappa shape index (κ3) is 3.96. The first kappa shape index (κ1) is 19.8. The molecule has 28 heavy (non-hydrogen) atoms. The molecule has 0 saturated carbocycles. The number of carbonyl (C=O) groups excluding carboxylic acids is 1. The Kier molecular flexibility index (Phi) is 5.89. The normalized spacial score (nSPS) is 11.2. The Morgan fingerprint density at radius 2 is 2.07 bits per heavy atom. The summed E-state index contributed by atoms with van der Waals surface area (Å²) in [4.78, 5) is 23.6. The summed E-state index contributed by atoms with van der Waals surface area (Å²) < 4.78 is 12.3. The quantitative estimate of drug-likeness (QED) is 0.623. The van der Waals surface area contributed by atoms with Crippen LogP contribution >= 0.6 is 0 Å². The van der Waals surface area contributed by atoms with E-state index in [2.05, 4.69) is 15.1 Å². The zero-order valence-corrected chi connectivity index (χ0v) is 16.8. The minimum atomic E-state index is -0.0892. The molecule has 0 aliphatic carbocycles. The second-order valence-corrected chi connectivity index (χ2v) is 6.79. The molecular formula is C20H25N5O3. The van der Waals surface area contributed by atoms with Gasteiger partial charge in [-0.2, -0.15) is 5.10 Å². The van der Waals surface area contributed by atoms with Crippen LogP contribution in [0.25, 0.3) is 17.4 Å². The summed E-state index contributed by atoms with van der Waals surface area (Å²) in [6.07, 6.45) is 3.21. The summed E-state index contributed by atoms with van der Waals surface area (Å²) in [5, 5.41) is 4.35. The van der Waals surface area contributed by atoms with Crippen LogP contribution in [-0.2, 0) is 4.74 Å². The van der Waals surface area contributed by atoms with Crippen molar-refractivity contribution in [2.45, 2.75) is 33.7 Å². The van der Waals surface area contributed by atoms with Crippen LogP contribution in [0, 0.1) is 13.8 Å². The first-order valence-electron chi connectivity index (χ1n) is 9.17. The molecule has 0 N–H and O–H groups in total. The number of ether oxygens (including phenoxy) is 1. The fourth-order valence-electron chi connectivity index (χ4n) is 2.92. The number of amides is 1. The largest absolute Gasteiger partial charge is 0.460 e. The highest BCUT2D eigenvalue weighted by Gasteiger charge is 2.23. The number of carbonyl (C=O) groups is 1. The van der Waals surface area contributed by atoms with Gasteiger partial charge < -0.3 is 14.1 Å². The fourth-order valence-corrected chi connectivity index (χ4v) is 2.92. The smallest absolute Gasteiger partial charge is 0.257 e. The van der Waals surface area contributed by atoms with Crippen LogP contribution in [-0.4, -0.2) is 56.9 Å². The van der Waals surface area contributed by atoms with E-state index in [0.29, 0.717) is 41.8 Å². The molecule has 0 aliphatic heterocycles. The molecule has 0 saturated heterocycles. The van der Waals surface area contributed by atoms with Gasteiger partial charge in [0.2, 0.25) is 0 Å². The number of hydrogen-bond donors (Lipinski definition) is 0. The lowest BCUT2D eigenvalue weighted by Crippen LogP contribution is -2.39. The molecule has 3 aromatic rings. The van der Waals surface area contributed by atoms with E-state index >= 15 is 0 Å². The molecule has 0 fully saturated rings. The Labute approximate surface area is 164 Å². The number of methoxy groups -OCH3 is 1. The SMILES string of the molecule is COCCN(C(=O)c1cnn(-c2nccc(-c3ccc(C)o3)n2)c1C)C(C)C.